The molecule has 1 atom stereocenters. The number of likely N-dealkylation sites (tertiary alicyclic amines) is 2. The first-order chi connectivity index (χ1) is 7.18. The summed E-state index contributed by atoms with van der Waals surface area (Å²) in [6, 6.07) is 3.16. The third-order valence-corrected chi connectivity index (χ3v) is 3.93. The maximum atomic E-state index is 9.46. The third-order valence-electron chi connectivity index (χ3n) is 3.93. The molecule has 3 nitrogen and oxygen atoms in total. The van der Waals surface area contributed by atoms with Crippen molar-refractivity contribution in [3.05, 3.63) is 0 Å². The quantitative estimate of drug-likeness (QED) is 0.686. The Balaban J connectivity index is 2.08. The fourth-order valence-electron chi connectivity index (χ4n) is 2.83. The standard InChI is InChI=1S/C12H21N3/c1-11(2)14-8-5-12(9-13,10-14)15-6-3-4-7-15/h11H,3-8,10H2,1-2H3. The van der Waals surface area contributed by atoms with E-state index in [1.54, 1.807) is 0 Å². The molecule has 0 saturated carbocycles. The van der Waals surface area contributed by atoms with Gasteiger partial charge in [0.25, 0.3) is 0 Å². The van der Waals surface area contributed by atoms with E-state index in [0.717, 1.165) is 32.6 Å². The largest absolute Gasteiger partial charge is 0.298 e. The summed E-state index contributed by atoms with van der Waals surface area (Å²) in [5.74, 6) is 0. The van der Waals surface area contributed by atoms with E-state index in [1.807, 2.05) is 0 Å². The Hall–Kier alpha value is -0.590. The fraction of sp³-hybridized carbons (Fsp3) is 0.917. The van der Waals surface area contributed by atoms with E-state index in [0.29, 0.717) is 6.04 Å². The van der Waals surface area contributed by atoms with Crippen LogP contribution in [-0.2, 0) is 0 Å². The fourth-order valence-corrected chi connectivity index (χ4v) is 2.83. The van der Waals surface area contributed by atoms with E-state index < -0.39 is 0 Å². The van der Waals surface area contributed by atoms with Crippen molar-refractivity contribution in [2.45, 2.75) is 44.7 Å². The van der Waals surface area contributed by atoms with Crippen LogP contribution in [0.25, 0.3) is 0 Å². The highest BCUT2D eigenvalue weighted by molar-refractivity contribution is 5.14. The Morgan fingerprint density at radius 3 is 2.33 bits per heavy atom. The minimum absolute atomic E-state index is 0.166. The molecule has 0 radical (unpaired) electrons. The van der Waals surface area contributed by atoms with Crippen molar-refractivity contribution in [2.75, 3.05) is 26.2 Å². The molecule has 15 heavy (non-hydrogen) atoms. The van der Waals surface area contributed by atoms with Crippen LogP contribution in [0, 0.1) is 11.3 Å². The summed E-state index contributed by atoms with van der Waals surface area (Å²) < 4.78 is 0. The zero-order chi connectivity index (χ0) is 10.9. The molecule has 2 rings (SSSR count). The minimum Gasteiger partial charge on any atom is -0.298 e. The summed E-state index contributed by atoms with van der Waals surface area (Å²) >= 11 is 0. The first kappa shape index (κ1) is 10.9. The lowest BCUT2D eigenvalue weighted by Crippen LogP contribution is -2.48. The van der Waals surface area contributed by atoms with Crippen molar-refractivity contribution >= 4 is 0 Å². The van der Waals surface area contributed by atoms with Gasteiger partial charge in [-0.05, 0) is 46.2 Å². The first-order valence-electron chi connectivity index (χ1n) is 6.08. The van der Waals surface area contributed by atoms with Crippen molar-refractivity contribution in [1.29, 1.82) is 5.26 Å². The van der Waals surface area contributed by atoms with Crippen LogP contribution in [-0.4, -0.2) is 47.6 Å². The van der Waals surface area contributed by atoms with Gasteiger partial charge in [-0.3, -0.25) is 9.80 Å². The number of nitrogens with zero attached hydrogens (tertiary/aromatic N) is 3. The highest BCUT2D eigenvalue weighted by atomic mass is 15.3. The van der Waals surface area contributed by atoms with Crippen molar-refractivity contribution in [2.24, 2.45) is 0 Å². The molecule has 0 aromatic carbocycles. The van der Waals surface area contributed by atoms with Gasteiger partial charge in [0, 0.05) is 19.1 Å². The van der Waals surface area contributed by atoms with Gasteiger partial charge in [0.2, 0.25) is 0 Å². The summed E-state index contributed by atoms with van der Waals surface area (Å²) in [7, 11) is 0. The van der Waals surface area contributed by atoms with Gasteiger partial charge in [-0.25, -0.2) is 0 Å². The topological polar surface area (TPSA) is 30.3 Å². The molecule has 2 aliphatic rings. The molecule has 0 amide bonds. The van der Waals surface area contributed by atoms with Crippen molar-refractivity contribution in [3.8, 4) is 6.07 Å². The summed E-state index contributed by atoms with van der Waals surface area (Å²) in [4.78, 5) is 4.84. The Bertz CT molecular complexity index is 263. The number of rotatable bonds is 2. The van der Waals surface area contributed by atoms with Gasteiger partial charge in [-0.2, -0.15) is 5.26 Å². The lowest BCUT2D eigenvalue weighted by atomic mass is 9.99. The van der Waals surface area contributed by atoms with Crippen LogP contribution in [0.15, 0.2) is 0 Å². The second kappa shape index (κ2) is 4.11. The third kappa shape index (κ3) is 1.89. The molecule has 2 fully saturated rings. The molecule has 1 unspecified atom stereocenters. The van der Waals surface area contributed by atoms with Crippen LogP contribution in [0.1, 0.15) is 33.1 Å². The molecule has 0 N–H and O–H groups in total. The van der Waals surface area contributed by atoms with E-state index in [4.69, 9.17) is 0 Å². The highest BCUT2D eigenvalue weighted by Gasteiger charge is 2.44. The van der Waals surface area contributed by atoms with Gasteiger partial charge < -0.3 is 0 Å². The molecular formula is C12H21N3. The number of hydrogen-bond acceptors (Lipinski definition) is 3. The monoisotopic (exact) mass is 207 g/mol. The van der Waals surface area contributed by atoms with E-state index in [1.165, 1.54) is 12.8 Å². The Labute approximate surface area is 92.7 Å². The molecular weight excluding hydrogens is 186 g/mol. The zero-order valence-electron chi connectivity index (χ0n) is 9.87. The molecule has 0 spiro atoms. The predicted octanol–water partition coefficient (Wildman–Crippen LogP) is 1.46. The summed E-state index contributed by atoms with van der Waals surface area (Å²) in [6.07, 6.45) is 3.57. The Morgan fingerprint density at radius 1 is 1.20 bits per heavy atom. The first-order valence-corrected chi connectivity index (χ1v) is 6.08. The summed E-state index contributed by atoms with van der Waals surface area (Å²) in [6.45, 7) is 8.72. The highest BCUT2D eigenvalue weighted by Crippen LogP contribution is 2.31. The lowest BCUT2D eigenvalue weighted by Gasteiger charge is -2.32. The molecule has 2 heterocycles. The van der Waals surface area contributed by atoms with Gasteiger partial charge in [0.05, 0.1) is 6.07 Å². The lowest BCUT2D eigenvalue weighted by molar-refractivity contribution is 0.163. The van der Waals surface area contributed by atoms with Gasteiger partial charge >= 0.3 is 0 Å². The Kier molecular flexibility index (Phi) is 2.99. The molecule has 0 aromatic rings. The maximum absolute atomic E-state index is 9.46. The van der Waals surface area contributed by atoms with Crippen LogP contribution in [0.2, 0.25) is 0 Å². The summed E-state index contributed by atoms with van der Waals surface area (Å²) in [5.41, 5.74) is -0.166. The van der Waals surface area contributed by atoms with Crippen LogP contribution >= 0.6 is 0 Å². The van der Waals surface area contributed by atoms with E-state index in [-0.39, 0.29) is 5.54 Å². The maximum Gasteiger partial charge on any atom is 0.123 e. The average Bonchev–Trinajstić information content (AvgIpc) is 2.87. The van der Waals surface area contributed by atoms with Crippen LogP contribution < -0.4 is 0 Å². The minimum atomic E-state index is -0.166. The molecule has 2 aliphatic heterocycles. The van der Waals surface area contributed by atoms with E-state index in [2.05, 4.69) is 29.7 Å². The van der Waals surface area contributed by atoms with Gasteiger partial charge in [-0.1, -0.05) is 0 Å². The van der Waals surface area contributed by atoms with Crippen molar-refractivity contribution < 1.29 is 0 Å². The molecule has 0 aliphatic carbocycles. The Morgan fingerprint density at radius 2 is 1.87 bits per heavy atom. The van der Waals surface area contributed by atoms with Crippen LogP contribution in [0.4, 0.5) is 0 Å². The zero-order valence-corrected chi connectivity index (χ0v) is 9.87. The molecule has 0 bridgehead atoms. The van der Waals surface area contributed by atoms with E-state index in [9.17, 15) is 5.26 Å². The van der Waals surface area contributed by atoms with Crippen LogP contribution in [0.5, 0.6) is 0 Å². The smallest absolute Gasteiger partial charge is 0.123 e. The normalized spacial score (nSPS) is 33.7. The number of hydrogen-bond donors (Lipinski definition) is 0. The van der Waals surface area contributed by atoms with Gasteiger partial charge in [0.1, 0.15) is 5.54 Å². The SMILES string of the molecule is CC(C)N1CCC(C#N)(N2CCCC2)C1. The van der Waals surface area contributed by atoms with Crippen molar-refractivity contribution in [3.63, 3.8) is 0 Å². The second-order valence-corrected chi connectivity index (χ2v) is 5.15. The average molecular weight is 207 g/mol. The van der Waals surface area contributed by atoms with Crippen LogP contribution in [0.3, 0.4) is 0 Å². The molecule has 3 heteroatoms. The van der Waals surface area contributed by atoms with Crippen molar-refractivity contribution in [1.82, 2.24) is 9.80 Å². The molecule has 84 valence electrons. The molecule has 0 aromatic heterocycles. The second-order valence-electron chi connectivity index (χ2n) is 5.15. The molecule has 2 saturated heterocycles. The van der Waals surface area contributed by atoms with E-state index >= 15 is 0 Å². The number of nitriles is 1. The van der Waals surface area contributed by atoms with Gasteiger partial charge in [-0.15, -0.1) is 0 Å². The van der Waals surface area contributed by atoms with Gasteiger partial charge in [0.15, 0.2) is 0 Å². The predicted molar refractivity (Wildman–Crippen MR) is 60.5 cm³/mol. The summed E-state index contributed by atoms with van der Waals surface area (Å²) in [5, 5.41) is 9.46.